The fourth-order valence-electron chi connectivity index (χ4n) is 6.70. The molecule has 10 atom stereocenters. The third-order valence-corrected chi connectivity index (χ3v) is 11.8. The van der Waals surface area contributed by atoms with Gasteiger partial charge in [0.15, 0.2) is 20.2 Å². The van der Waals surface area contributed by atoms with Crippen LogP contribution < -0.4 is 0 Å². The van der Waals surface area contributed by atoms with Crippen molar-refractivity contribution in [1.29, 1.82) is 0 Å². The maximum atomic E-state index is 13.1. The van der Waals surface area contributed by atoms with E-state index < -0.39 is 100 Å². The van der Waals surface area contributed by atoms with E-state index in [9.17, 15) is 66.3 Å². The lowest BCUT2D eigenvalue weighted by Gasteiger charge is -2.27. The minimum absolute atomic E-state index is 0.0944. The van der Waals surface area contributed by atoms with Crippen molar-refractivity contribution < 1.29 is 84.7 Å². The molecule has 2 heterocycles. The summed E-state index contributed by atoms with van der Waals surface area (Å²) in [6.07, 6.45) is -3.04. The number of halogens is 4. The number of esters is 3. The molecule has 2 aliphatic heterocycles. The molecule has 41 heavy (non-hydrogen) atoms. The molecule has 4 bridgehead atoms. The lowest BCUT2D eigenvalue weighted by atomic mass is 9.88. The molecule has 6 rings (SSSR count). The Morgan fingerprint density at radius 1 is 0.805 bits per heavy atom. The van der Waals surface area contributed by atoms with Crippen LogP contribution in [-0.4, -0.2) is 92.4 Å². The number of carbonyl (C=O) groups is 3. The van der Waals surface area contributed by atoms with Crippen LogP contribution in [0.5, 0.6) is 0 Å². The highest BCUT2D eigenvalue weighted by molar-refractivity contribution is 7.88. The molecular formula is C19H18F4O15S3-2. The zero-order valence-corrected chi connectivity index (χ0v) is 22.4. The largest absolute Gasteiger partial charge is 0.743 e. The number of rotatable bonds is 6. The highest BCUT2D eigenvalue weighted by Gasteiger charge is 2.67. The van der Waals surface area contributed by atoms with Crippen LogP contribution in [0.25, 0.3) is 0 Å². The first-order chi connectivity index (χ1) is 18.6. The first-order valence-electron chi connectivity index (χ1n) is 11.8. The van der Waals surface area contributed by atoms with Gasteiger partial charge >= 0.3 is 28.4 Å². The number of hydrogen-bond acceptors (Lipinski definition) is 15. The molecule has 0 amide bonds. The second-order valence-corrected chi connectivity index (χ2v) is 15.2. The van der Waals surface area contributed by atoms with Crippen LogP contribution in [0, 0.1) is 29.6 Å². The van der Waals surface area contributed by atoms with Crippen molar-refractivity contribution in [2.45, 2.75) is 65.9 Å². The first-order valence-corrected chi connectivity index (χ1v) is 16.1. The van der Waals surface area contributed by atoms with Crippen molar-refractivity contribution in [3.05, 3.63) is 0 Å². The SMILES string of the molecule is O=C(OC1C2CC3C1OS(=O)(=O)C3C2)C(F)(F)S(=O)(=O)[O-].O=C1OC2C3CC(CC13)C2OC(=O)C(F)(F)S(=O)(=O)[O-]. The fourth-order valence-corrected chi connectivity index (χ4v) is 9.08. The van der Waals surface area contributed by atoms with Gasteiger partial charge in [-0.05, 0) is 25.7 Å². The Labute approximate surface area is 228 Å². The van der Waals surface area contributed by atoms with Gasteiger partial charge in [-0.25, -0.2) is 26.4 Å². The second kappa shape index (κ2) is 9.18. The van der Waals surface area contributed by atoms with Gasteiger partial charge in [0.1, 0.15) is 24.4 Å². The summed E-state index contributed by atoms with van der Waals surface area (Å²) in [5.41, 5.74) is 0. The number of fused-ring (bicyclic) bond motifs is 2. The van der Waals surface area contributed by atoms with Gasteiger partial charge in [-0.15, -0.1) is 0 Å². The van der Waals surface area contributed by atoms with E-state index in [2.05, 4.69) is 9.47 Å². The fraction of sp³-hybridized carbons (Fsp3) is 0.842. The monoisotopic (exact) mass is 658 g/mol. The van der Waals surface area contributed by atoms with Crippen LogP contribution in [0.1, 0.15) is 25.7 Å². The van der Waals surface area contributed by atoms with Crippen LogP contribution in [0.3, 0.4) is 0 Å². The van der Waals surface area contributed by atoms with Crippen molar-refractivity contribution in [2.24, 2.45) is 29.6 Å². The van der Waals surface area contributed by atoms with E-state index in [0.717, 1.165) is 0 Å². The molecule has 4 aliphatic carbocycles. The van der Waals surface area contributed by atoms with Crippen LogP contribution in [0.4, 0.5) is 17.6 Å². The van der Waals surface area contributed by atoms with E-state index in [-0.39, 0.29) is 24.2 Å². The summed E-state index contributed by atoms with van der Waals surface area (Å²) in [5, 5.41) is -11.1. The van der Waals surface area contributed by atoms with Crippen molar-refractivity contribution in [2.75, 3.05) is 0 Å². The van der Waals surface area contributed by atoms with E-state index in [1.54, 1.807) is 0 Å². The van der Waals surface area contributed by atoms with E-state index in [1.165, 1.54) is 0 Å². The Balaban J connectivity index is 0.000000165. The van der Waals surface area contributed by atoms with Gasteiger partial charge in [-0.2, -0.15) is 26.0 Å². The first kappa shape index (κ1) is 30.3. The van der Waals surface area contributed by atoms with Gasteiger partial charge in [0.25, 0.3) is 10.1 Å². The van der Waals surface area contributed by atoms with Crippen molar-refractivity contribution in [3.8, 4) is 0 Å². The number of ether oxygens (including phenoxy) is 3. The predicted octanol–water partition coefficient (Wildman–Crippen LogP) is -1.21. The molecule has 22 heteroatoms. The standard InChI is InChI=1S/C10H10F2O7S.C9H10F2O8S2/c11-10(12,20(15,16)17)9(14)19-6-3-1-4-5(2-3)8(13)18-7(4)6;10-9(11,21(15,16)17)8(12)18-6-3-1-4-5(2-3)20(13,14)19-7(4)6/h3-7H,1-2H2,(H,15,16,17);3-7H,1-2H2,(H,15,16,17)/p-2. The Bertz CT molecular complexity index is 1510. The molecule has 0 aromatic rings. The second-order valence-electron chi connectivity index (χ2n) is 10.6. The molecule has 10 unspecified atom stereocenters. The van der Waals surface area contributed by atoms with Gasteiger partial charge < -0.3 is 23.3 Å². The van der Waals surface area contributed by atoms with Gasteiger partial charge in [0.05, 0.1) is 11.2 Å². The summed E-state index contributed by atoms with van der Waals surface area (Å²) in [5.74, 6) is -7.15. The van der Waals surface area contributed by atoms with Crippen LogP contribution in [0.2, 0.25) is 0 Å². The minimum atomic E-state index is -6.21. The predicted molar refractivity (Wildman–Crippen MR) is 112 cm³/mol. The third kappa shape index (κ3) is 4.60. The van der Waals surface area contributed by atoms with E-state index in [0.29, 0.717) is 19.3 Å². The normalized spacial score (nSPS) is 39.7. The molecule has 15 nitrogen and oxygen atoms in total. The molecular weight excluding hydrogens is 640 g/mol. The molecule has 4 saturated carbocycles. The van der Waals surface area contributed by atoms with Gasteiger partial charge in [0.2, 0.25) is 0 Å². The van der Waals surface area contributed by atoms with Crippen molar-refractivity contribution in [1.82, 2.24) is 0 Å². The summed E-state index contributed by atoms with van der Waals surface area (Å²) < 4.78 is 156. The molecule has 0 aromatic carbocycles. The van der Waals surface area contributed by atoms with E-state index in [1.807, 2.05) is 0 Å². The molecule has 0 aromatic heterocycles. The maximum Gasteiger partial charge on any atom is 0.428 e. The summed E-state index contributed by atoms with van der Waals surface area (Å²) >= 11 is 0. The molecule has 6 fully saturated rings. The molecule has 0 spiro atoms. The van der Waals surface area contributed by atoms with Crippen LogP contribution >= 0.6 is 0 Å². The smallest absolute Gasteiger partial charge is 0.428 e. The number of hydrogen-bond donors (Lipinski definition) is 0. The highest BCUT2D eigenvalue weighted by Crippen LogP contribution is 2.56. The zero-order valence-electron chi connectivity index (χ0n) is 20.0. The maximum absolute atomic E-state index is 13.1. The molecule has 6 aliphatic rings. The summed E-state index contributed by atoms with van der Waals surface area (Å²) in [6.45, 7) is 0. The van der Waals surface area contributed by atoms with Gasteiger partial charge in [0, 0.05) is 23.7 Å². The average Bonchev–Trinajstić information content (AvgIpc) is 3.62. The number of carbonyl (C=O) groups excluding carboxylic acids is 3. The lowest BCUT2D eigenvalue weighted by molar-refractivity contribution is -0.176. The van der Waals surface area contributed by atoms with E-state index >= 15 is 0 Å². The van der Waals surface area contributed by atoms with Crippen LogP contribution in [0.15, 0.2) is 0 Å². The van der Waals surface area contributed by atoms with Crippen molar-refractivity contribution in [3.63, 3.8) is 0 Å². The molecule has 232 valence electrons. The van der Waals surface area contributed by atoms with Crippen molar-refractivity contribution >= 4 is 48.3 Å². The average molecular weight is 659 g/mol. The lowest BCUT2D eigenvalue weighted by Crippen LogP contribution is -2.45. The molecule has 0 N–H and O–H groups in total. The minimum Gasteiger partial charge on any atom is -0.743 e. The summed E-state index contributed by atoms with van der Waals surface area (Å²) in [4.78, 5) is 33.9. The Morgan fingerprint density at radius 3 is 1.78 bits per heavy atom. The summed E-state index contributed by atoms with van der Waals surface area (Å²) in [6, 6.07) is 0. The highest BCUT2D eigenvalue weighted by atomic mass is 32.2. The van der Waals surface area contributed by atoms with Gasteiger partial charge in [-0.1, -0.05) is 0 Å². The zero-order chi connectivity index (χ0) is 30.7. The van der Waals surface area contributed by atoms with E-state index in [4.69, 9.17) is 8.92 Å². The number of alkyl halides is 4. The third-order valence-electron chi connectivity index (χ3n) is 8.42. The molecule has 0 radical (unpaired) electrons. The van der Waals surface area contributed by atoms with Crippen LogP contribution in [-0.2, 0) is 63.1 Å². The molecule has 2 saturated heterocycles. The topological polar surface area (TPSA) is 237 Å². The Morgan fingerprint density at radius 2 is 1.27 bits per heavy atom. The summed E-state index contributed by atoms with van der Waals surface area (Å²) in [7, 11) is -16.2. The Hall–Kier alpha value is -2.14. The van der Waals surface area contributed by atoms with Gasteiger partial charge in [-0.3, -0.25) is 8.98 Å². The Kier molecular flexibility index (Phi) is 6.79. The quantitative estimate of drug-likeness (QED) is 0.107.